The summed E-state index contributed by atoms with van der Waals surface area (Å²) < 4.78 is 5.13. The molecule has 0 aromatic heterocycles. The highest BCUT2D eigenvalue weighted by atomic mass is 16.5. The van der Waals surface area contributed by atoms with Gasteiger partial charge in [-0.25, -0.2) is 0 Å². The van der Waals surface area contributed by atoms with Crippen LogP contribution in [-0.2, 0) is 20.9 Å². The van der Waals surface area contributed by atoms with Gasteiger partial charge < -0.3 is 19.8 Å². The predicted molar refractivity (Wildman–Crippen MR) is 107 cm³/mol. The fourth-order valence-corrected chi connectivity index (χ4v) is 3.54. The van der Waals surface area contributed by atoms with Gasteiger partial charge in [0, 0.05) is 26.5 Å². The Labute approximate surface area is 166 Å². The summed E-state index contributed by atoms with van der Waals surface area (Å²) in [6, 6.07) is 7.67. The Kier molecular flexibility index (Phi) is 9.17. The van der Waals surface area contributed by atoms with Gasteiger partial charge in [-0.1, -0.05) is 49.3 Å². The lowest BCUT2D eigenvalue weighted by molar-refractivity contribution is -0.137. The number of hydrogen-bond donors (Lipinski definition) is 2. The van der Waals surface area contributed by atoms with Crippen LogP contribution in [-0.4, -0.2) is 46.7 Å². The van der Waals surface area contributed by atoms with E-state index in [0.717, 1.165) is 36.8 Å². The number of aliphatic carboxylic acids is 1. The Morgan fingerprint density at radius 3 is 2.86 bits per heavy atom. The summed E-state index contributed by atoms with van der Waals surface area (Å²) >= 11 is 0. The normalized spacial score (nSPS) is 18.1. The fourth-order valence-electron chi connectivity index (χ4n) is 3.54. The lowest BCUT2D eigenvalue weighted by Gasteiger charge is -2.22. The molecular weight excluding hydrogens is 358 g/mol. The number of likely N-dealkylation sites (tertiary alicyclic amines) is 1. The summed E-state index contributed by atoms with van der Waals surface area (Å²) in [6.07, 6.45) is 7.82. The molecule has 28 heavy (non-hydrogen) atoms. The van der Waals surface area contributed by atoms with Gasteiger partial charge in [-0.15, -0.1) is 0 Å². The first-order valence-corrected chi connectivity index (χ1v) is 9.96. The van der Waals surface area contributed by atoms with Crippen molar-refractivity contribution >= 4 is 11.9 Å². The van der Waals surface area contributed by atoms with E-state index < -0.39 is 12.1 Å². The van der Waals surface area contributed by atoms with E-state index in [0.29, 0.717) is 26.0 Å². The van der Waals surface area contributed by atoms with Crippen LogP contribution in [0, 0.1) is 0 Å². The SMILES string of the molecule is COCc1cccc([C@H](O)C=CC2CCC(=O)N2CCCCCCC(=O)O)c1. The number of benzene rings is 1. The van der Waals surface area contributed by atoms with Gasteiger partial charge in [0.15, 0.2) is 0 Å². The first-order chi connectivity index (χ1) is 13.5. The van der Waals surface area contributed by atoms with E-state index in [1.807, 2.05) is 35.2 Å². The molecule has 1 amide bonds. The topological polar surface area (TPSA) is 87.1 Å². The molecule has 0 radical (unpaired) electrons. The quantitative estimate of drug-likeness (QED) is 0.422. The van der Waals surface area contributed by atoms with E-state index in [1.165, 1.54) is 0 Å². The molecule has 1 aliphatic rings. The van der Waals surface area contributed by atoms with Gasteiger partial charge in [-0.2, -0.15) is 0 Å². The molecule has 1 heterocycles. The number of amides is 1. The molecule has 1 aliphatic heterocycles. The van der Waals surface area contributed by atoms with Crippen LogP contribution in [0.2, 0.25) is 0 Å². The fraction of sp³-hybridized carbons (Fsp3) is 0.545. The molecule has 0 saturated carbocycles. The number of hydrogen-bond acceptors (Lipinski definition) is 4. The molecule has 2 rings (SSSR count). The summed E-state index contributed by atoms with van der Waals surface area (Å²) in [7, 11) is 1.64. The summed E-state index contributed by atoms with van der Waals surface area (Å²) in [5.74, 6) is -0.608. The van der Waals surface area contributed by atoms with Crippen LogP contribution < -0.4 is 0 Å². The van der Waals surface area contributed by atoms with Gasteiger partial charge in [-0.3, -0.25) is 9.59 Å². The van der Waals surface area contributed by atoms with Gasteiger partial charge in [-0.05, 0) is 30.4 Å². The molecule has 2 atom stereocenters. The number of unbranched alkanes of at least 4 members (excludes halogenated alkanes) is 3. The summed E-state index contributed by atoms with van der Waals surface area (Å²) in [5.41, 5.74) is 1.81. The molecule has 6 heteroatoms. The zero-order valence-corrected chi connectivity index (χ0v) is 16.5. The third kappa shape index (κ3) is 7.09. The maximum Gasteiger partial charge on any atom is 0.303 e. The molecule has 0 bridgehead atoms. The zero-order valence-electron chi connectivity index (χ0n) is 16.5. The molecule has 2 N–H and O–H groups in total. The number of nitrogens with zero attached hydrogens (tertiary/aromatic N) is 1. The second-order valence-electron chi connectivity index (χ2n) is 7.26. The highest BCUT2D eigenvalue weighted by Crippen LogP contribution is 2.23. The predicted octanol–water partition coefficient (Wildman–Crippen LogP) is 3.45. The molecule has 1 aromatic rings. The van der Waals surface area contributed by atoms with Crippen molar-refractivity contribution in [3.8, 4) is 0 Å². The number of carbonyl (C=O) groups excluding carboxylic acids is 1. The number of ether oxygens (including phenoxy) is 1. The van der Waals surface area contributed by atoms with E-state index in [9.17, 15) is 14.7 Å². The maximum absolute atomic E-state index is 12.2. The van der Waals surface area contributed by atoms with E-state index in [4.69, 9.17) is 9.84 Å². The number of carbonyl (C=O) groups is 2. The standard InChI is InChI=1S/C22H31NO5/c1-28-16-17-7-6-8-18(15-17)20(24)12-10-19-11-13-21(25)23(19)14-5-3-2-4-9-22(26)27/h6-8,10,12,15,19-20,24H,2-5,9,11,13-14,16H2,1H3,(H,26,27)/t19?,20-/m1/s1. The van der Waals surface area contributed by atoms with Gasteiger partial charge in [0.2, 0.25) is 5.91 Å². The monoisotopic (exact) mass is 389 g/mol. The molecule has 0 aliphatic carbocycles. The Morgan fingerprint density at radius 1 is 1.32 bits per heavy atom. The number of methoxy groups -OCH3 is 1. The van der Waals surface area contributed by atoms with E-state index in [1.54, 1.807) is 13.2 Å². The second-order valence-corrected chi connectivity index (χ2v) is 7.26. The molecule has 1 aromatic carbocycles. The van der Waals surface area contributed by atoms with Crippen LogP contribution >= 0.6 is 0 Å². The number of aliphatic hydroxyl groups is 1. The summed E-state index contributed by atoms with van der Waals surface area (Å²) in [4.78, 5) is 24.6. The minimum Gasteiger partial charge on any atom is -0.481 e. The van der Waals surface area contributed by atoms with Crippen molar-refractivity contribution in [3.05, 3.63) is 47.5 Å². The minimum atomic E-state index is -0.758. The van der Waals surface area contributed by atoms with Crippen molar-refractivity contribution in [2.45, 2.75) is 63.7 Å². The van der Waals surface area contributed by atoms with Crippen LogP contribution in [0.5, 0.6) is 0 Å². The minimum absolute atomic E-state index is 0.0170. The molecular formula is C22H31NO5. The molecule has 1 saturated heterocycles. The zero-order chi connectivity index (χ0) is 20.4. The maximum atomic E-state index is 12.2. The van der Waals surface area contributed by atoms with Gasteiger partial charge >= 0.3 is 5.97 Å². The van der Waals surface area contributed by atoms with Crippen molar-refractivity contribution in [1.29, 1.82) is 0 Å². The third-order valence-corrected chi connectivity index (χ3v) is 5.03. The van der Waals surface area contributed by atoms with Crippen molar-refractivity contribution < 1.29 is 24.5 Å². The average molecular weight is 389 g/mol. The molecule has 1 unspecified atom stereocenters. The van der Waals surface area contributed by atoms with Crippen LogP contribution in [0.3, 0.4) is 0 Å². The molecule has 6 nitrogen and oxygen atoms in total. The van der Waals surface area contributed by atoms with E-state index in [-0.39, 0.29) is 18.4 Å². The highest BCUT2D eigenvalue weighted by molar-refractivity contribution is 5.79. The average Bonchev–Trinajstić information content (AvgIpc) is 3.02. The lowest BCUT2D eigenvalue weighted by Crippen LogP contribution is -2.32. The van der Waals surface area contributed by atoms with Gasteiger partial charge in [0.25, 0.3) is 0 Å². The third-order valence-electron chi connectivity index (χ3n) is 5.03. The Bertz CT molecular complexity index is 673. The number of rotatable bonds is 12. The summed E-state index contributed by atoms with van der Waals surface area (Å²) in [6.45, 7) is 1.18. The molecule has 154 valence electrons. The highest BCUT2D eigenvalue weighted by Gasteiger charge is 2.28. The molecule has 0 spiro atoms. The van der Waals surface area contributed by atoms with Crippen LogP contribution in [0.1, 0.15) is 62.2 Å². The van der Waals surface area contributed by atoms with Crippen LogP contribution in [0.25, 0.3) is 0 Å². The smallest absolute Gasteiger partial charge is 0.303 e. The van der Waals surface area contributed by atoms with Gasteiger partial charge in [0.1, 0.15) is 0 Å². The van der Waals surface area contributed by atoms with Crippen LogP contribution in [0.4, 0.5) is 0 Å². The number of carboxylic acids is 1. The van der Waals surface area contributed by atoms with Crippen molar-refractivity contribution in [2.75, 3.05) is 13.7 Å². The van der Waals surface area contributed by atoms with Crippen molar-refractivity contribution in [1.82, 2.24) is 4.90 Å². The number of aliphatic hydroxyl groups excluding tert-OH is 1. The summed E-state index contributed by atoms with van der Waals surface area (Å²) in [5, 5.41) is 19.1. The Morgan fingerprint density at radius 2 is 2.11 bits per heavy atom. The Hall–Kier alpha value is -2.18. The lowest BCUT2D eigenvalue weighted by atomic mass is 10.0. The Balaban J connectivity index is 1.84. The first kappa shape index (κ1) is 22.1. The van der Waals surface area contributed by atoms with E-state index in [2.05, 4.69) is 0 Å². The van der Waals surface area contributed by atoms with Crippen LogP contribution in [0.15, 0.2) is 36.4 Å². The first-order valence-electron chi connectivity index (χ1n) is 9.96. The van der Waals surface area contributed by atoms with E-state index >= 15 is 0 Å². The molecule has 1 fully saturated rings. The van der Waals surface area contributed by atoms with Gasteiger partial charge in [0.05, 0.1) is 18.8 Å². The second kappa shape index (κ2) is 11.6. The van der Waals surface area contributed by atoms with Crippen molar-refractivity contribution in [2.24, 2.45) is 0 Å². The van der Waals surface area contributed by atoms with Crippen molar-refractivity contribution in [3.63, 3.8) is 0 Å². The largest absolute Gasteiger partial charge is 0.481 e. The number of carboxylic acid groups (broad SMARTS) is 1.